The van der Waals surface area contributed by atoms with Gasteiger partial charge in [0, 0.05) is 18.3 Å². The molecule has 0 aliphatic heterocycles. The van der Waals surface area contributed by atoms with E-state index in [4.69, 9.17) is 22.3 Å². The zero-order valence-corrected chi connectivity index (χ0v) is 18.4. The number of carbonyl (C=O) groups is 5. The molecule has 184 valence electrons. The number of rotatable bonds is 15. The average Bonchev–Trinajstić information content (AvgIpc) is 3.24. The van der Waals surface area contributed by atoms with Gasteiger partial charge in [-0.3, -0.25) is 24.0 Å². The number of carbonyl (C=O) groups excluding carboxylic acids is 4. The molecule has 0 fully saturated rings. The number of nitrogens with one attached hydrogen (secondary N) is 4. The lowest BCUT2D eigenvalue weighted by atomic mass is 10.1. The first kappa shape index (κ1) is 27.5. The van der Waals surface area contributed by atoms with Crippen molar-refractivity contribution in [1.29, 1.82) is 0 Å². The largest absolute Gasteiger partial charge is 0.480 e. The molecule has 0 aromatic carbocycles. The highest BCUT2D eigenvalue weighted by atomic mass is 16.4. The Bertz CT molecular complexity index is 815. The average molecular weight is 469 g/mol. The first-order valence-electron chi connectivity index (χ1n) is 10.4. The smallest absolute Gasteiger partial charge is 0.325 e. The standard InChI is InChI=1S/C19H32N8O6/c1-10(19(32)33)25-18(31)14(6-11-8-23-9-24-11)27-17(30)13(4-2-3-5-20)26-16(29)12(21)7-15(22)28/h8-10,12-14H,2-7,20-21H2,1H3,(H2,22,28)(H,23,24)(H,25,31)(H,26,29)(H,27,30)(H,32,33). The minimum Gasteiger partial charge on any atom is -0.480 e. The molecule has 14 nitrogen and oxygen atoms in total. The van der Waals surface area contributed by atoms with Crippen molar-refractivity contribution in [3.63, 3.8) is 0 Å². The maximum atomic E-state index is 13.0. The molecule has 4 atom stereocenters. The third-order valence-electron chi connectivity index (χ3n) is 4.68. The van der Waals surface area contributed by atoms with Crippen LogP contribution in [0.2, 0.25) is 0 Å². The molecule has 4 unspecified atom stereocenters. The topological polar surface area (TPSA) is 248 Å². The van der Waals surface area contributed by atoms with E-state index in [2.05, 4.69) is 25.9 Å². The first-order valence-corrected chi connectivity index (χ1v) is 10.4. The van der Waals surface area contributed by atoms with Crippen LogP contribution in [0, 0.1) is 0 Å². The summed E-state index contributed by atoms with van der Waals surface area (Å²) in [6.07, 6.45) is 3.71. The molecule has 0 aliphatic rings. The molecule has 1 aromatic rings. The summed E-state index contributed by atoms with van der Waals surface area (Å²) in [4.78, 5) is 66.7. The van der Waals surface area contributed by atoms with Gasteiger partial charge in [-0.2, -0.15) is 0 Å². The lowest BCUT2D eigenvalue weighted by Crippen LogP contribution is -2.57. The van der Waals surface area contributed by atoms with E-state index in [0.717, 1.165) is 0 Å². The Balaban J connectivity index is 2.98. The van der Waals surface area contributed by atoms with Gasteiger partial charge in [0.05, 0.1) is 18.8 Å². The van der Waals surface area contributed by atoms with Gasteiger partial charge < -0.3 is 43.2 Å². The van der Waals surface area contributed by atoms with Gasteiger partial charge in [0.15, 0.2) is 0 Å². The van der Waals surface area contributed by atoms with E-state index in [-0.39, 0.29) is 12.8 Å². The van der Waals surface area contributed by atoms with Gasteiger partial charge in [0.2, 0.25) is 23.6 Å². The number of primary amides is 1. The lowest BCUT2D eigenvalue weighted by molar-refractivity contribution is -0.141. The van der Waals surface area contributed by atoms with Crippen LogP contribution in [0.25, 0.3) is 0 Å². The molecule has 33 heavy (non-hydrogen) atoms. The molecule has 4 amide bonds. The van der Waals surface area contributed by atoms with E-state index in [0.29, 0.717) is 25.1 Å². The van der Waals surface area contributed by atoms with E-state index < -0.39 is 60.2 Å². The van der Waals surface area contributed by atoms with Gasteiger partial charge in [-0.15, -0.1) is 0 Å². The number of imidazole rings is 1. The molecule has 1 heterocycles. The Kier molecular flexibility index (Phi) is 11.5. The second-order valence-corrected chi connectivity index (χ2v) is 7.53. The predicted molar refractivity (Wildman–Crippen MR) is 116 cm³/mol. The molecule has 0 saturated heterocycles. The molecule has 11 N–H and O–H groups in total. The van der Waals surface area contributed by atoms with Crippen LogP contribution in [-0.4, -0.2) is 75.4 Å². The summed E-state index contributed by atoms with van der Waals surface area (Å²) >= 11 is 0. The third-order valence-corrected chi connectivity index (χ3v) is 4.68. The van der Waals surface area contributed by atoms with E-state index in [1.165, 1.54) is 19.4 Å². The summed E-state index contributed by atoms with van der Waals surface area (Å²) in [7, 11) is 0. The fourth-order valence-corrected chi connectivity index (χ4v) is 2.82. The molecule has 0 radical (unpaired) electrons. The van der Waals surface area contributed by atoms with Crippen LogP contribution in [0.4, 0.5) is 0 Å². The quantitative estimate of drug-likeness (QED) is 0.121. The van der Waals surface area contributed by atoms with Gasteiger partial charge in [-0.1, -0.05) is 0 Å². The van der Waals surface area contributed by atoms with Crippen molar-refractivity contribution in [2.24, 2.45) is 17.2 Å². The number of carboxylic acids is 1. The number of aromatic nitrogens is 2. The Labute approximate surface area is 190 Å². The molecule has 0 saturated carbocycles. The van der Waals surface area contributed by atoms with Crippen LogP contribution < -0.4 is 33.2 Å². The number of unbranched alkanes of at least 4 members (excludes halogenated alkanes) is 1. The molecule has 0 aliphatic carbocycles. The van der Waals surface area contributed by atoms with Crippen molar-refractivity contribution in [3.05, 3.63) is 18.2 Å². The van der Waals surface area contributed by atoms with E-state index >= 15 is 0 Å². The number of hydrogen-bond donors (Lipinski definition) is 8. The summed E-state index contributed by atoms with van der Waals surface area (Å²) < 4.78 is 0. The number of nitrogens with two attached hydrogens (primary N) is 3. The summed E-state index contributed by atoms with van der Waals surface area (Å²) in [6, 6.07) is -4.66. The second-order valence-electron chi connectivity index (χ2n) is 7.53. The van der Waals surface area contributed by atoms with Gasteiger partial charge in [0.25, 0.3) is 0 Å². The Hall–Kier alpha value is -3.52. The number of H-pyrrole nitrogens is 1. The monoisotopic (exact) mass is 468 g/mol. The van der Waals surface area contributed by atoms with Crippen LogP contribution >= 0.6 is 0 Å². The van der Waals surface area contributed by atoms with Crippen molar-refractivity contribution < 1.29 is 29.1 Å². The van der Waals surface area contributed by atoms with Crippen LogP contribution in [0.15, 0.2) is 12.5 Å². The number of amides is 4. The van der Waals surface area contributed by atoms with Crippen LogP contribution in [0.3, 0.4) is 0 Å². The number of aromatic amines is 1. The van der Waals surface area contributed by atoms with E-state index in [1.807, 2.05) is 0 Å². The number of nitrogens with zero attached hydrogens (tertiary/aromatic N) is 1. The van der Waals surface area contributed by atoms with Gasteiger partial charge in [-0.25, -0.2) is 4.98 Å². The van der Waals surface area contributed by atoms with Crippen LogP contribution in [-0.2, 0) is 30.4 Å². The highest BCUT2D eigenvalue weighted by molar-refractivity contribution is 5.95. The zero-order valence-electron chi connectivity index (χ0n) is 18.4. The van der Waals surface area contributed by atoms with Crippen molar-refractivity contribution in [3.8, 4) is 0 Å². The third kappa shape index (κ3) is 10.1. The molecule has 1 rings (SSSR count). The zero-order chi connectivity index (χ0) is 25.0. The Morgan fingerprint density at radius 1 is 1.06 bits per heavy atom. The fourth-order valence-electron chi connectivity index (χ4n) is 2.82. The normalized spacial score (nSPS) is 14.4. The van der Waals surface area contributed by atoms with Crippen LogP contribution in [0.5, 0.6) is 0 Å². The molecular weight excluding hydrogens is 436 g/mol. The van der Waals surface area contributed by atoms with Gasteiger partial charge in [-0.05, 0) is 32.7 Å². The number of aliphatic carboxylic acids is 1. The van der Waals surface area contributed by atoms with Crippen molar-refractivity contribution in [2.45, 2.75) is 63.2 Å². The second kappa shape index (κ2) is 13.8. The Morgan fingerprint density at radius 3 is 2.24 bits per heavy atom. The molecule has 14 heteroatoms. The maximum Gasteiger partial charge on any atom is 0.325 e. The van der Waals surface area contributed by atoms with Crippen LogP contribution in [0.1, 0.15) is 38.3 Å². The summed E-state index contributed by atoms with van der Waals surface area (Å²) in [5.41, 5.74) is 16.7. The molecule has 0 bridgehead atoms. The minimum absolute atomic E-state index is 0.00539. The SMILES string of the molecule is CC(NC(=O)C(Cc1cnc[nH]1)NC(=O)C(CCCCN)NC(=O)C(N)CC(N)=O)C(=O)O. The van der Waals surface area contributed by atoms with Crippen molar-refractivity contribution >= 4 is 29.6 Å². The lowest BCUT2D eigenvalue weighted by Gasteiger charge is -2.24. The molecular formula is C19H32N8O6. The van der Waals surface area contributed by atoms with Gasteiger partial charge >= 0.3 is 5.97 Å². The number of hydrogen-bond acceptors (Lipinski definition) is 8. The van der Waals surface area contributed by atoms with Crippen molar-refractivity contribution in [1.82, 2.24) is 25.9 Å². The minimum atomic E-state index is -1.25. The van der Waals surface area contributed by atoms with Crippen molar-refractivity contribution in [2.75, 3.05) is 6.54 Å². The summed E-state index contributed by atoms with van der Waals surface area (Å²) in [6.45, 7) is 1.66. The number of carboxylic acid groups (broad SMARTS) is 1. The molecule has 1 aromatic heterocycles. The highest BCUT2D eigenvalue weighted by Crippen LogP contribution is 2.05. The predicted octanol–water partition coefficient (Wildman–Crippen LogP) is -3.16. The summed E-state index contributed by atoms with van der Waals surface area (Å²) in [5, 5.41) is 16.4. The fraction of sp³-hybridized carbons (Fsp3) is 0.579. The maximum absolute atomic E-state index is 13.0. The Morgan fingerprint density at radius 2 is 1.70 bits per heavy atom. The summed E-state index contributed by atoms with van der Waals surface area (Å²) in [5.74, 6) is -4.19. The highest BCUT2D eigenvalue weighted by Gasteiger charge is 2.30. The van der Waals surface area contributed by atoms with E-state index in [9.17, 15) is 24.0 Å². The van der Waals surface area contributed by atoms with Gasteiger partial charge in [0.1, 0.15) is 18.1 Å². The molecule has 0 spiro atoms. The van der Waals surface area contributed by atoms with E-state index in [1.54, 1.807) is 0 Å². The first-order chi connectivity index (χ1) is 15.5.